The standard InChI is InChI=1S/C92H84Br4N5S/c1-13-98-75-41-25-55-51-59(93)29-33-63(55)83(75)89(5,6)79(98)45-37-71-67-21-17-18-22-68(67)72(38-46-80-90(7,8)84-64-34-30-60(94)52-56(64)26-42-76(84)99(80)14-2)87(71)97-49-50-102-88-73(39-47-81-91(9,10)85-65-35-31-61(95)53-57(65)27-43-77(85)100(81)15-3)69-23-19-20-24-70(69)74(88)40-48-82-92(11,12)86-66-36-32-62(96)54-58(66)28-44-78(86)101(82)16-4/h17-48,51-54H,13-16,49-50H2,1-12H3/q+1/p+1/b71-37+,79-45+. The second-order valence-corrected chi connectivity index (χ2v) is 34.6. The Morgan fingerprint density at radius 3 is 1.22 bits per heavy atom. The minimum Gasteiger partial charge on any atom is -0.383 e. The van der Waals surface area contributed by atoms with Crippen LogP contribution in [0.25, 0.3) is 65.4 Å². The molecule has 4 aliphatic heterocycles. The molecule has 0 atom stereocenters. The van der Waals surface area contributed by atoms with Crippen LogP contribution in [-0.4, -0.2) is 59.1 Å². The average Bonchev–Trinajstić information content (AvgIpc) is 1.58. The number of likely N-dealkylation sites (N-methyl/N-ethyl adjacent to an activating group) is 2. The van der Waals surface area contributed by atoms with E-state index in [0.29, 0.717) is 6.54 Å². The molecule has 2 aliphatic carbocycles. The van der Waals surface area contributed by atoms with Crippen LogP contribution in [0.1, 0.15) is 128 Å². The number of anilines is 2. The molecule has 10 aromatic rings. The van der Waals surface area contributed by atoms with Crippen LogP contribution >= 0.6 is 75.5 Å². The maximum atomic E-state index is 4.27. The molecule has 10 aromatic carbocycles. The van der Waals surface area contributed by atoms with Crippen molar-refractivity contribution < 1.29 is 9.15 Å². The van der Waals surface area contributed by atoms with Gasteiger partial charge in [-0.15, -0.1) is 11.8 Å². The van der Waals surface area contributed by atoms with E-state index in [1.807, 2.05) is 11.8 Å². The van der Waals surface area contributed by atoms with Crippen molar-refractivity contribution in [2.24, 2.45) is 0 Å². The molecule has 1 N–H and O–H groups in total. The molecule has 16 rings (SSSR count). The van der Waals surface area contributed by atoms with E-state index in [1.54, 1.807) is 0 Å². The Labute approximate surface area is 639 Å². The van der Waals surface area contributed by atoms with Gasteiger partial charge in [-0.05, 0) is 240 Å². The summed E-state index contributed by atoms with van der Waals surface area (Å²) >= 11 is 17.1. The summed E-state index contributed by atoms with van der Waals surface area (Å²) in [6.45, 7) is 32.6. The van der Waals surface area contributed by atoms with Crippen molar-refractivity contribution in [2.75, 3.05) is 48.3 Å². The van der Waals surface area contributed by atoms with Gasteiger partial charge in [0, 0.05) is 134 Å². The van der Waals surface area contributed by atoms with Gasteiger partial charge in [0.1, 0.15) is 13.1 Å². The third kappa shape index (κ3) is 10.9. The summed E-state index contributed by atoms with van der Waals surface area (Å²) in [6, 6.07) is 63.7. The smallest absolute Gasteiger partial charge is 0.210 e. The highest BCUT2D eigenvalue weighted by Crippen LogP contribution is 2.56. The Balaban J connectivity index is 0.827. The molecule has 0 saturated carbocycles. The van der Waals surface area contributed by atoms with Crippen LogP contribution in [-0.2, 0) is 21.7 Å². The fraction of sp³-hybridized carbons (Fsp3) is 0.239. The number of allylic oxidation sites excluding steroid dienone is 14. The van der Waals surface area contributed by atoms with Crippen LogP contribution in [0.4, 0.5) is 22.7 Å². The zero-order chi connectivity index (χ0) is 71.1. The Morgan fingerprint density at radius 2 is 0.784 bits per heavy atom. The van der Waals surface area contributed by atoms with Gasteiger partial charge in [0.25, 0.3) is 0 Å². The van der Waals surface area contributed by atoms with Crippen molar-refractivity contribution in [3.05, 3.63) is 303 Å². The Kier molecular flexibility index (Phi) is 17.5. The molecule has 0 unspecified atom stereocenters. The van der Waals surface area contributed by atoms with Crippen molar-refractivity contribution >= 4 is 175 Å². The minimum absolute atomic E-state index is 0.268. The summed E-state index contributed by atoms with van der Waals surface area (Å²) in [4.78, 5) is 6.38. The summed E-state index contributed by atoms with van der Waals surface area (Å²) in [5.41, 5.74) is 25.8. The van der Waals surface area contributed by atoms with Crippen LogP contribution in [0, 0.1) is 0 Å². The maximum absolute atomic E-state index is 4.27. The highest BCUT2D eigenvalue weighted by Gasteiger charge is 2.48. The van der Waals surface area contributed by atoms with Gasteiger partial charge >= 0.3 is 0 Å². The van der Waals surface area contributed by atoms with Gasteiger partial charge in [-0.1, -0.05) is 188 Å². The molecule has 10 heteroatoms. The van der Waals surface area contributed by atoms with E-state index in [0.717, 1.165) is 55.5 Å². The van der Waals surface area contributed by atoms with Crippen molar-refractivity contribution in [3.8, 4) is 0 Å². The monoisotopic (exact) mass is 1610 g/mol. The molecule has 0 amide bonds. The summed E-state index contributed by atoms with van der Waals surface area (Å²) < 4.78 is 9.47. The number of hydrogen-bond acceptors (Lipinski definition) is 4. The second-order valence-electron chi connectivity index (χ2n) is 29.9. The van der Waals surface area contributed by atoms with Crippen LogP contribution in [0.15, 0.2) is 258 Å². The first-order valence-corrected chi connectivity index (χ1v) is 40.3. The fourth-order valence-electron chi connectivity index (χ4n) is 18.3. The van der Waals surface area contributed by atoms with Gasteiger partial charge in [-0.3, -0.25) is 0 Å². The number of thioether (sulfide) groups is 1. The van der Waals surface area contributed by atoms with Crippen LogP contribution in [0.3, 0.4) is 0 Å². The first-order chi connectivity index (χ1) is 49.1. The summed E-state index contributed by atoms with van der Waals surface area (Å²) in [7, 11) is 0. The molecule has 0 aromatic heterocycles. The quantitative estimate of drug-likeness (QED) is 0.0817. The number of halogens is 4. The lowest BCUT2D eigenvalue weighted by molar-refractivity contribution is -0.433. The fourth-order valence-corrected chi connectivity index (χ4v) is 20.9. The molecular formula is C92H85Br4N5S+2. The zero-order valence-corrected chi connectivity index (χ0v) is 67.4. The van der Waals surface area contributed by atoms with E-state index in [9.17, 15) is 0 Å². The van der Waals surface area contributed by atoms with Crippen LogP contribution < -0.4 is 15.1 Å². The molecule has 0 spiro atoms. The molecular weight excluding hydrogens is 1530 g/mol. The lowest BCUT2D eigenvalue weighted by atomic mass is 9.79. The number of nitrogens with zero attached hydrogens (tertiary/aromatic N) is 4. The topological polar surface area (TPSA) is 24.5 Å². The summed E-state index contributed by atoms with van der Waals surface area (Å²) in [5, 5.41) is 14.5. The van der Waals surface area contributed by atoms with Crippen molar-refractivity contribution in [3.63, 3.8) is 0 Å². The highest BCUT2D eigenvalue weighted by atomic mass is 79.9. The van der Waals surface area contributed by atoms with Gasteiger partial charge in [-0.2, -0.15) is 9.15 Å². The molecule has 5 nitrogen and oxygen atoms in total. The lowest BCUT2D eigenvalue weighted by Gasteiger charge is -2.26. The number of benzene rings is 10. The van der Waals surface area contributed by atoms with Gasteiger partial charge in [-0.25, -0.2) is 0 Å². The predicted octanol–water partition coefficient (Wildman–Crippen LogP) is 25.3. The van der Waals surface area contributed by atoms with E-state index in [4.69, 9.17) is 0 Å². The second kappa shape index (κ2) is 26.1. The molecule has 0 bridgehead atoms. The molecule has 6 aliphatic rings. The first kappa shape index (κ1) is 68.6. The predicted molar refractivity (Wildman–Crippen MR) is 453 cm³/mol. The Bertz CT molecular complexity index is 5290. The van der Waals surface area contributed by atoms with Gasteiger partial charge in [0.05, 0.1) is 10.8 Å². The first-order valence-electron chi connectivity index (χ1n) is 36.1. The molecule has 102 heavy (non-hydrogen) atoms. The number of fused-ring (bicyclic) bond motifs is 14. The lowest BCUT2D eigenvalue weighted by Crippen LogP contribution is -2.27. The Hall–Kier alpha value is -7.83. The largest absolute Gasteiger partial charge is 0.383 e. The Morgan fingerprint density at radius 1 is 0.402 bits per heavy atom. The van der Waals surface area contributed by atoms with E-state index >= 15 is 0 Å². The molecule has 510 valence electrons. The average molecular weight is 1610 g/mol. The number of nitrogens with one attached hydrogen (secondary N) is 1. The maximum Gasteiger partial charge on any atom is 0.210 e. The van der Waals surface area contributed by atoms with Crippen molar-refractivity contribution in [1.82, 2.24) is 5.32 Å². The summed E-state index contributed by atoms with van der Waals surface area (Å²) in [6.07, 6.45) is 19.6. The van der Waals surface area contributed by atoms with Crippen LogP contribution in [0.5, 0.6) is 0 Å². The molecule has 0 radical (unpaired) electrons. The van der Waals surface area contributed by atoms with Crippen molar-refractivity contribution in [1.29, 1.82) is 0 Å². The van der Waals surface area contributed by atoms with Gasteiger partial charge < -0.3 is 15.1 Å². The molecule has 0 fully saturated rings. The van der Waals surface area contributed by atoms with Crippen LogP contribution in [0.2, 0.25) is 0 Å². The zero-order valence-electron chi connectivity index (χ0n) is 60.2. The highest BCUT2D eigenvalue weighted by molar-refractivity contribution is 9.11. The van der Waals surface area contributed by atoms with E-state index < -0.39 is 0 Å². The van der Waals surface area contributed by atoms with E-state index in [-0.39, 0.29) is 21.7 Å². The minimum atomic E-state index is -0.275. The van der Waals surface area contributed by atoms with Gasteiger partial charge in [0.2, 0.25) is 11.4 Å². The number of rotatable bonds is 15. The van der Waals surface area contributed by atoms with Gasteiger partial charge in [0.15, 0.2) is 11.4 Å². The normalized spacial score (nSPS) is 19.2. The molecule has 0 saturated heterocycles. The summed E-state index contributed by atoms with van der Waals surface area (Å²) in [5.74, 6) is 0.803. The number of hydrogen-bond donors (Lipinski definition) is 1. The van der Waals surface area contributed by atoms with E-state index in [1.165, 1.54) is 160 Å². The SMILES string of the molecule is CCN1/C(=C/C=C2C(NCCSC3=C(/C=C/C4=[N+](CC)c5ccc6cc(Br)ccc6c5C4(C)C)c4ccccc4/C3=C\C=C3\N(CC)c4ccc5cc(Br)ccc5c4C3(C)C)=C(/C=C/C3=[N+](CC)c4ccc5cc(Br)ccc5c4C3(C)C)c3ccccc3/2)C(C)(C)c2c1ccc1cc(Br)ccc21. The third-order valence-corrected chi connectivity index (χ3v) is 25.9. The van der Waals surface area contributed by atoms with E-state index in [2.05, 4.69) is 390 Å². The third-order valence-electron chi connectivity index (χ3n) is 22.8. The van der Waals surface area contributed by atoms with Crippen molar-refractivity contribution in [2.45, 2.75) is 105 Å². The molecule has 4 heterocycles.